The molecule has 0 bridgehead atoms. The molecule has 1 unspecified atom stereocenters. The third kappa shape index (κ3) is 3.01. The Morgan fingerprint density at radius 2 is 2.20 bits per heavy atom. The van der Waals surface area contributed by atoms with E-state index in [4.69, 9.17) is 18.0 Å². The van der Waals surface area contributed by atoms with Crippen LogP contribution >= 0.6 is 12.2 Å². The van der Waals surface area contributed by atoms with Crippen molar-refractivity contribution in [2.45, 2.75) is 30.8 Å². The normalized spacial score (nSPS) is 20.8. The first kappa shape index (κ1) is 15.4. The van der Waals surface area contributed by atoms with Crippen molar-refractivity contribution < 1.29 is 13.5 Å². The smallest absolute Gasteiger partial charge is 0.243 e. The van der Waals surface area contributed by atoms with E-state index < -0.39 is 16.1 Å². The van der Waals surface area contributed by atoms with E-state index in [9.17, 15) is 13.5 Å². The van der Waals surface area contributed by atoms with Gasteiger partial charge in [0.15, 0.2) is 0 Å². The maximum Gasteiger partial charge on any atom is 0.243 e. The third-order valence-corrected chi connectivity index (χ3v) is 5.54. The summed E-state index contributed by atoms with van der Waals surface area (Å²) in [6.07, 6.45) is 0.728. The number of nitrogens with zero attached hydrogens (tertiary/aromatic N) is 1. The highest BCUT2D eigenvalue weighted by atomic mass is 32.2. The van der Waals surface area contributed by atoms with Crippen LogP contribution in [0.15, 0.2) is 23.1 Å². The molecule has 0 amide bonds. The van der Waals surface area contributed by atoms with Crippen LogP contribution in [0.2, 0.25) is 0 Å². The van der Waals surface area contributed by atoms with Gasteiger partial charge in [-0.05, 0) is 37.5 Å². The van der Waals surface area contributed by atoms with Crippen LogP contribution in [0.1, 0.15) is 24.0 Å². The second-order valence-electron chi connectivity index (χ2n) is 5.00. The molecule has 5 nitrogen and oxygen atoms in total. The zero-order chi connectivity index (χ0) is 14.9. The summed E-state index contributed by atoms with van der Waals surface area (Å²) in [6, 6.07) is 4.72. The van der Waals surface area contributed by atoms with Crippen LogP contribution in [0.25, 0.3) is 0 Å². The van der Waals surface area contributed by atoms with Crippen LogP contribution < -0.4 is 5.73 Å². The first-order chi connectivity index (χ1) is 9.32. The van der Waals surface area contributed by atoms with Gasteiger partial charge in [0.1, 0.15) is 4.99 Å². The van der Waals surface area contributed by atoms with E-state index in [1.165, 1.54) is 10.4 Å². The number of hydrogen-bond donors (Lipinski definition) is 2. The molecule has 7 heteroatoms. The van der Waals surface area contributed by atoms with Gasteiger partial charge in [0.25, 0.3) is 0 Å². The molecule has 0 aliphatic carbocycles. The second kappa shape index (κ2) is 5.77. The number of β-amino-alcohol motifs (C(OH)–C–C–N with tert-alkyl or cyclic N) is 1. The summed E-state index contributed by atoms with van der Waals surface area (Å²) >= 11 is 4.91. The Bertz CT molecular complexity index is 629. The molecule has 1 aromatic carbocycles. The molecular weight excluding hydrogens is 296 g/mol. The number of piperidine rings is 1. The Morgan fingerprint density at radius 1 is 1.50 bits per heavy atom. The Kier molecular flexibility index (Phi) is 4.43. The minimum Gasteiger partial charge on any atom is -0.392 e. The molecule has 1 atom stereocenters. The molecule has 1 aliphatic heterocycles. The fourth-order valence-corrected chi connectivity index (χ4v) is 4.19. The summed E-state index contributed by atoms with van der Waals surface area (Å²) in [5.74, 6) is 0. The lowest BCUT2D eigenvalue weighted by atomic mass is 10.1. The number of aliphatic hydroxyl groups excluding tert-OH is 1. The highest BCUT2D eigenvalue weighted by Crippen LogP contribution is 2.22. The molecule has 2 rings (SSSR count). The van der Waals surface area contributed by atoms with E-state index in [-0.39, 0.29) is 16.4 Å². The van der Waals surface area contributed by atoms with Gasteiger partial charge >= 0.3 is 0 Å². The Hall–Kier alpha value is -1.02. The Labute approximate surface area is 124 Å². The fraction of sp³-hybridized carbons (Fsp3) is 0.462. The van der Waals surface area contributed by atoms with Gasteiger partial charge in [0, 0.05) is 18.7 Å². The van der Waals surface area contributed by atoms with Crippen molar-refractivity contribution in [2.75, 3.05) is 13.1 Å². The molecule has 20 heavy (non-hydrogen) atoms. The summed E-state index contributed by atoms with van der Waals surface area (Å²) in [6.45, 7) is 2.37. The number of thiocarbonyl (C=S) groups is 1. The van der Waals surface area contributed by atoms with Gasteiger partial charge in [-0.25, -0.2) is 8.42 Å². The van der Waals surface area contributed by atoms with Crippen molar-refractivity contribution >= 4 is 27.2 Å². The molecule has 1 saturated heterocycles. The summed E-state index contributed by atoms with van der Waals surface area (Å²) in [4.78, 5) is 0.462. The largest absolute Gasteiger partial charge is 0.392 e. The number of aliphatic hydroxyl groups is 1. The number of hydrogen-bond acceptors (Lipinski definition) is 4. The molecule has 0 aromatic heterocycles. The van der Waals surface area contributed by atoms with Crippen molar-refractivity contribution in [3.8, 4) is 0 Å². The fourth-order valence-electron chi connectivity index (χ4n) is 2.36. The molecule has 1 aromatic rings. The first-order valence-corrected chi connectivity index (χ1v) is 8.26. The highest BCUT2D eigenvalue weighted by molar-refractivity contribution is 7.89. The monoisotopic (exact) mass is 314 g/mol. The van der Waals surface area contributed by atoms with Crippen molar-refractivity contribution in [1.29, 1.82) is 0 Å². The van der Waals surface area contributed by atoms with Crippen LogP contribution in [-0.2, 0) is 10.0 Å². The highest BCUT2D eigenvalue weighted by Gasteiger charge is 2.29. The van der Waals surface area contributed by atoms with Crippen molar-refractivity contribution in [2.24, 2.45) is 5.73 Å². The zero-order valence-corrected chi connectivity index (χ0v) is 12.9. The molecular formula is C13H18N2O3S2. The van der Waals surface area contributed by atoms with Gasteiger partial charge in [-0.2, -0.15) is 4.31 Å². The van der Waals surface area contributed by atoms with E-state index in [0.717, 1.165) is 5.56 Å². The van der Waals surface area contributed by atoms with E-state index in [1.807, 2.05) is 0 Å². The van der Waals surface area contributed by atoms with Gasteiger partial charge < -0.3 is 10.8 Å². The minimum atomic E-state index is -3.57. The Balaban J connectivity index is 2.34. The number of aryl methyl sites for hydroxylation is 1. The van der Waals surface area contributed by atoms with E-state index in [1.54, 1.807) is 19.1 Å². The summed E-state index contributed by atoms with van der Waals surface area (Å²) in [7, 11) is -3.57. The van der Waals surface area contributed by atoms with Gasteiger partial charge in [0.05, 0.1) is 11.0 Å². The first-order valence-electron chi connectivity index (χ1n) is 6.41. The summed E-state index contributed by atoms with van der Waals surface area (Å²) in [5, 5.41) is 9.62. The molecule has 3 N–H and O–H groups in total. The molecule has 1 heterocycles. The van der Waals surface area contributed by atoms with E-state index in [0.29, 0.717) is 24.9 Å². The molecule has 0 radical (unpaired) electrons. The number of sulfonamides is 1. The molecule has 1 fully saturated rings. The van der Waals surface area contributed by atoms with Gasteiger partial charge in [-0.1, -0.05) is 18.3 Å². The molecule has 110 valence electrons. The van der Waals surface area contributed by atoms with Gasteiger partial charge in [0.2, 0.25) is 10.0 Å². The second-order valence-corrected chi connectivity index (χ2v) is 7.38. The SMILES string of the molecule is Cc1cc(S(=O)(=O)N2CCCC(O)C2)ccc1C(N)=S. The lowest BCUT2D eigenvalue weighted by molar-refractivity contribution is 0.108. The van der Waals surface area contributed by atoms with Gasteiger partial charge in [-0.15, -0.1) is 0 Å². The van der Waals surface area contributed by atoms with Crippen LogP contribution in [0.5, 0.6) is 0 Å². The van der Waals surface area contributed by atoms with Crippen LogP contribution in [0, 0.1) is 6.92 Å². The predicted molar refractivity (Wildman–Crippen MR) is 81.1 cm³/mol. The number of benzene rings is 1. The molecule has 0 saturated carbocycles. The summed E-state index contributed by atoms with van der Waals surface area (Å²) in [5.41, 5.74) is 6.98. The topological polar surface area (TPSA) is 83.6 Å². The standard InChI is InChI=1S/C13H18N2O3S2/c1-9-7-11(4-5-12(9)13(14)19)20(17,18)15-6-2-3-10(16)8-15/h4-5,7,10,16H,2-3,6,8H2,1H3,(H2,14,19). The number of nitrogens with two attached hydrogens (primary N) is 1. The maximum absolute atomic E-state index is 12.5. The lowest BCUT2D eigenvalue weighted by Crippen LogP contribution is -2.42. The average molecular weight is 314 g/mol. The van der Waals surface area contributed by atoms with Crippen LogP contribution in [0.3, 0.4) is 0 Å². The average Bonchev–Trinajstić information content (AvgIpc) is 2.38. The van der Waals surface area contributed by atoms with Crippen LogP contribution in [-0.4, -0.2) is 42.0 Å². The maximum atomic E-state index is 12.5. The van der Waals surface area contributed by atoms with Crippen LogP contribution in [0.4, 0.5) is 0 Å². The van der Waals surface area contributed by atoms with E-state index >= 15 is 0 Å². The zero-order valence-electron chi connectivity index (χ0n) is 11.2. The van der Waals surface area contributed by atoms with Crippen molar-refractivity contribution in [3.63, 3.8) is 0 Å². The number of rotatable bonds is 3. The minimum absolute atomic E-state index is 0.151. The quantitative estimate of drug-likeness (QED) is 0.805. The predicted octanol–water partition coefficient (Wildman–Crippen LogP) is 0.775. The van der Waals surface area contributed by atoms with Gasteiger partial charge in [-0.3, -0.25) is 0 Å². The lowest BCUT2D eigenvalue weighted by Gasteiger charge is -2.29. The molecule has 1 aliphatic rings. The van der Waals surface area contributed by atoms with Crippen molar-refractivity contribution in [1.82, 2.24) is 4.31 Å². The molecule has 0 spiro atoms. The van der Waals surface area contributed by atoms with Crippen molar-refractivity contribution in [3.05, 3.63) is 29.3 Å². The Morgan fingerprint density at radius 3 is 2.75 bits per heavy atom. The summed E-state index contributed by atoms with van der Waals surface area (Å²) < 4.78 is 26.4. The van der Waals surface area contributed by atoms with E-state index in [2.05, 4.69) is 0 Å². The third-order valence-electron chi connectivity index (χ3n) is 3.46.